The Balaban J connectivity index is 1.52. The molecule has 158 valence electrons. The van der Waals surface area contributed by atoms with Gasteiger partial charge in [0.05, 0.1) is 18.7 Å². The smallest absolute Gasteiger partial charge is 0.317 e. The van der Waals surface area contributed by atoms with Crippen LogP contribution >= 0.6 is 0 Å². The number of rotatable bonds is 7. The van der Waals surface area contributed by atoms with Crippen molar-refractivity contribution in [3.63, 3.8) is 0 Å². The first-order valence-electron chi connectivity index (χ1n) is 11.2. The lowest BCUT2D eigenvalue weighted by Crippen LogP contribution is -2.69. The Labute approximate surface area is 173 Å². The lowest BCUT2D eigenvalue weighted by atomic mass is 9.74. The van der Waals surface area contributed by atoms with E-state index in [2.05, 4.69) is 17.4 Å². The number of carbonyl (C=O) groups excluding carboxylic acids is 2. The van der Waals surface area contributed by atoms with E-state index in [1.807, 2.05) is 34.9 Å². The number of benzene rings is 1. The highest BCUT2D eigenvalue weighted by molar-refractivity contribution is 5.83. The molecule has 0 aromatic heterocycles. The molecule has 0 bridgehead atoms. The molecule has 0 radical (unpaired) electrons. The van der Waals surface area contributed by atoms with Gasteiger partial charge >= 0.3 is 6.03 Å². The zero-order chi connectivity index (χ0) is 20.4. The largest absolute Gasteiger partial charge is 0.394 e. The number of aliphatic hydroxyl groups is 1. The highest BCUT2D eigenvalue weighted by Crippen LogP contribution is 2.44. The van der Waals surface area contributed by atoms with Gasteiger partial charge in [-0.2, -0.15) is 0 Å². The first-order valence-corrected chi connectivity index (χ1v) is 11.2. The normalized spacial score (nSPS) is 26.8. The molecule has 1 aromatic rings. The summed E-state index contributed by atoms with van der Waals surface area (Å²) in [5.74, 6) is 0.302. The minimum atomic E-state index is -0.202. The molecule has 0 unspecified atom stereocenters. The Morgan fingerprint density at radius 2 is 1.79 bits per heavy atom. The van der Waals surface area contributed by atoms with Gasteiger partial charge in [0, 0.05) is 31.0 Å². The highest BCUT2D eigenvalue weighted by atomic mass is 16.3. The highest BCUT2D eigenvalue weighted by Gasteiger charge is 2.54. The molecule has 1 aromatic carbocycles. The summed E-state index contributed by atoms with van der Waals surface area (Å²) in [7, 11) is 0. The molecular formula is C23H33N3O3. The Kier molecular flexibility index (Phi) is 6.09. The second-order valence-corrected chi connectivity index (χ2v) is 8.74. The van der Waals surface area contributed by atoms with Gasteiger partial charge in [-0.3, -0.25) is 4.79 Å². The lowest BCUT2D eigenvalue weighted by Gasteiger charge is -2.56. The number of hydrogen-bond acceptors (Lipinski definition) is 3. The van der Waals surface area contributed by atoms with Crippen LogP contribution in [0.25, 0.3) is 0 Å². The van der Waals surface area contributed by atoms with Crippen molar-refractivity contribution in [3.8, 4) is 0 Å². The van der Waals surface area contributed by atoms with Crippen LogP contribution in [0.4, 0.5) is 4.79 Å². The van der Waals surface area contributed by atoms with Crippen LogP contribution < -0.4 is 5.32 Å². The van der Waals surface area contributed by atoms with E-state index < -0.39 is 0 Å². The average molecular weight is 400 g/mol. The summed E-state index contributed by atoms with van der Waals surface area (Å²) in [6, 6.07) is 10.1. The molecule has 2 N–H and O–H groups in total. The van der Waals surface area contributed by atoms with Crippen LogP contribution in [0.1, 0.15) is 56.9 Å². The quantitative estimate of drug-likeness (QED) is 0.740. The van der Waals surface area contributed by atoms with Gasteiger partial charge in [0.2, 0.25) is 5.91 Å². The minimum Gasteiger partial charge on any atom is -0.394 e. The number of amides is 3. The summed E-state index contributed by atoms with van der Waals surface area (Å²) in [5.41, 5.74) is 1.13. The molecule has 0 spiro atoms. The molecule has 6 nitrogen and oxygen atoms in total. The van der Waals surface area contributed by atoms with Crippen LogP contribution in [0, 0.1) is 5.92 Å². The molecule has 4 rings (SSSR count). The lowest BCUT2D eigenvalue weighted by molar-refractivity contribution is -0.153. The first kappa shape index (κ1) is 20.2. The van der Waals surface area contributed by atoms with Crippen LogP contribution in [-0.4, -0.2) is 64.7 Å². The maximum atomic E-state index is 13.0. The fraction of sp³-hybridized carbons (Fsp3) is 0.652. The van der Waals surface area contributed by atoms with E-state index >= 15 is 0 Å². The Bertz CT molecular complexity index is 715. The predicted octanol–water partition coefficient (Wildman–Crippen LogP) is 2.73. The van der Waals surface area contributed by atoms with Crippen molar-refractivity contribution >= 4 is 11.9 Å². The van der Waals surface area contributed by atoms with E-state index in [1.54, 1.807) is 0 Å². The third-order valence-electron chi connectivity index (χ3n) is 6.86. The van der Waals surface area contributed by atoms with E-state index in [-0.39, 0.29) is 48.5 Å². The number of carbonyl (C=O) groups is 2. The zero-order valence-electron chi connectivity index (χ0n) is 17.3. The van der Waals surface area contributed by atoms with Crippen molar-refractivity contribution in [1.82, 2.24) is 15.1 Å². The van der Waals surface area contributed by atoms with Gasteiger partial charge in [-0.1, -0.05) is 43.2 Å². The van der Waals surface area contributed by atoms with Gasteiger partial charge in [0.15, 0.2) is 0 Å². The van der Waals surface area contributed by atoms with Crippen molar-refractivity contribution < 1.29 is 14.7 Å². The Morgan fingerprint density at radius 1 is 1.10 bits per heavy atom. The number of likely N-dealkylation sites (N-methyl/N-ethyl adjacent to an activating group) is 1. The van der Waals surface area contributed by atoms with E-state index in [0.29, 0.717) is 13.1 Å². The van der Waals surface area contributed by atoms with Crippen LogP contribution in [-0.2, 0) is 4.79 Å². The SMILES string of the molecule is CCN(C[C@@H]1[C@@H](c2ccccc2)[C@H](CO)N1C(=O)C1CC1)C(=O)NC1CCCC1. The van der Waals surface area contributed by atoms with Crippen molar-refractivity contribution in [2.45, 2.75) is 69.5 Å². The zero-order valence-corrected chi connectivity index (χ0v) is 17.3. The van der Waals surface area contributed by atoms with Crippen molar-refractivity contribution in [2.75, 3.05) is 19.7 Å². The number of hydrogen-bond donors (Lipinski definition) is 2. The van der Waals surface area contributed by atoms with Crippen LogP contribution in [0.2, 0.25) is 0 Å². The topological polar surface area (TPSA) is 72.9 Å². The summed E-state index contributed by atoms with van der Waals surface area (Å²) in [5, 5.41) is 13.2. The third-order valence-corrected chi connectivity index (χ3v) is 6.86. The summed E-state index contributed by atoms with van der Waals surface area (Å²) in [6.07, 6.45) is 6.34. The molecule has 1 saturated heterocycles. The second kappa shape index (κ2) is 8.74. The van der Waals surface area contributed by atoms with Crippen molar-refractivity contribution in [3.05, 3.63) is 35.9 Å². The van der Waals surface area contributed by atoms with Crippen LogP contribution in [0.5, 0.6) is 0 Å². The van der Waals surface area contributed by atoms with E-state index in [1.165, 1.54) is 12.8 Å². The van der Waals surface area contributed by atoms with Gasteiger partial charge in [0.25, 0.3) is 0 Å². The van der Waals surface area contributed by atoms with Gasteiger partial charge in [0.1, 0.15) is 0 Å². The molecule has 3 amide bonds. The fourth-order valence-corrected chi connectivity index (χ4v) is 5.05. The Hall–Kier alpha value is -2.08. The van der Waals surface area contributed by atoms with Crippen LogP contribution in [0.15, 0.2) is 30.3 Å². The summed E-state index contributed by atoms with van der Waals surface area (Å²) < 4.78 is 0. The number of aliphatic hydroxyl groups excluding tert-OH is 1. The van der Waals surface area contributed by atoms with Gasteiger partial charge in [-0.15, -0.1) is 0 Å². The molecule has 1 aliphatic heterocycles. The third kappa shape index (κ3) is 4.13. The maximum absolute atomic E-state index is 13.0. The maximum Gasteiger partial charge on any atom is 0.317 e. The summed E-state index contributed by atoms with van der Waals surface area (Å²) in [6.45, 7) is 3.05. The molecule has 29 heavy (non-hydrogen) atoms. The van der Waals surface area contributed by atoms with Gasteiger partial charge in [-0.05, 0) is 38.2 Å². The molecule has 2 saturated carbocycles. The molecular weight excluding hydrogens is 366 g/mol. The summed E-state index contributed by atoms with van der Waals surface area (Å²) in [4.78, 5) is 29.6. The number of nitrogens with one attached hydrogen (secondary N) is 1. The number of urea groups is 1. The minimum absolute atomic E-state index is 0.0301. The second-order valence-electron chi connectivity index (χ2n) is 8.74. The van der Waals surface area contributed by atoms with E-state index in [9.17, 15) is 14.7 Å². The van der Waals surface area contributed by atoms with E-state index in [4.69, 9.17) is 0 Å². The predicted molar refractivity (Wildman–Crippen MR) is 111 cm³/mol. The average Bonchev–Trinajstić information content (AvgIpc) is 3.46. The first-order chi connectivity index (χ1) is 14.1. The molecule has 3 aliphatic rings. The Morgan fingerprint density at radius 3 is 2.38 bits per heavy atom. The van der Waals surface area contributed by atoms with E-state index in [0.717, 1.165) is 31.2 Å². The van der Waals surface area contributed by atoms with Crippen LogP contribution in [0.3, 0.4) is 0 Å². The van der Waals surface area contributed by atoms with Gasteiger partial charge < -0.3 is 20.2 Å². The molecule has 2 aliphatic carbocycles. The molecule has 3 atom stereocenters. The fourth-order valence-electron chi connectivity index (χ4n) is 5.05. The number of nitrogens with zero attached hydrogens (tertiary/aromatic N) is 2. The molecule has 1 heterocycles. The van der Waals surface area contributed by atoms with Crippen molar-refractivity contribution in [1.29, 1.82) is 0 Å². The monoisotopic (exact) mass is 399 g/mol. The standard InChI is InChI=1S/C23H33N3O3/c1-2-25(23(29)24-18-10-6-7-11-18)14-19-21(16-8-4-3-5-9-16)20(15-27)26(19)22(28)17-12-13-17/h3-5,8-9,17-21,27H,2,6-7,10-15H2,1H3,(H,24,29)/t19-,20+,21-/m1/s1. The van der Waals surface area contributed by atoms with Gasteiger partial charge in [-0.25, -0.2) is 4.79 Å². The number of likely N-dealkylation sites (tertiary alicyclic amines) is 1. The van der Waals surface area contributed by atoms with Crippen molar-refractivity contribution in [2.24, 2.45) is 5.92 Å². The summed E-state index contributed by atoms with van der Waals surface area (Å²) >= 11 is 0. The molecule has 3 fully saturated rings. The molecule has 6 heteroatoms.